The molecule has 0 fully saturated rings. The Morgan fingerprint density at radius 2 is 1.72 bits per heavy atom. The highest BCUT2D eigenvalue weighted by Gasteiger charge is 2.37. The SMILES string of the molecule is COC(=O)C1=C(C)N(Cc2ccccc2)C(=O)/C1=C\c1cccc(OC)c1OC. The van der Waals surface area contributed by atoms with Crippen molar-refractivity contribution in [1.29, 1.82) is 0 Å². The minimum atomic E-state index is -0.556. The Morgan fingerprint density at radius 1 is 1.00 bits per heavy atom. The van der Waals surface area contributed by atoms with E-state index >= 15 is 0 Å². The first-order valence-corrected chi connectivity index (χ1v) is 9.09. The van der Waals surface area contributed by atoms with Crippen molar-refractivity contribution in [3.05, 3.63) is 76.5 Å². The maximum Gasteiger partial charge on any atom is 0.340 e. The van der Waals surface area contributed by atoms with E-state index in [-0.39, 0.29) is 17.1 Å². The average molecular weight is 393 g/mol. The third-order valence-electron chi connectivity index (χ3n) is 4.82. The second-order valence-electron chi connectivity index (χ2n) is 6.47. The zero-order valence-corrected chi connectivity index (χ0v) is 16.9. The molecule has 0 saturated carbocycles. The number of methoxy groups -OCH3 is 3. The van der Waals surface area contributed by atoms with Crippen molar-refractivity contribution in [1.82, 2.24) is 4.90 Å². The molecule has 0 bridgehead atoms. The zero-order chi connectivity index (χ0) is 21.0. The Labute approximate surface area is 170 Å². The highest BCUT2D eigenvalue weighted by Crippen LogP contribution is 2.37. The summed E-state index contributed by atoms with van der Waals surface area (Å²) < 4.78 is 15.7. The molecule has 0 aliphatic carbocycles. The number of amides is 1. The smallest absolute Gasteiger partial charge is 0.340 e. The van der Waals surface area contributed by atoms with Crippen LogP contribution in [0.4, 0.5) is 0 Å². The van der Waals surface area contributed by atoms with Gasteiger partial charge in [0.1, 0.15) is 0 Å². The van der Waals surface area contributed by atoms with Crippen molar-refractivity contribution in [3.8, 4) is 11.5 Å². The van der Waals surface area contributed by atoms with Crippen LogP contribution in [0.2, 0.25) is 0 Å². The van der Waals surface area contributed by atoms with Crippen LogP contribution in [0.5, 0.6) is 11.5 Å². The number of nitrogens with zero attached hydrogens (tertiary/aromatic N) is 1. The molecule has 0 saturated heterocycles. The van der Waals surface area contributed by atoms with E-state index in [9.17, 15) is 9.59 Å². The number of benzene rings is 2. The van der Waals surface area contributed by atoms with Crippen LogP contribution in [-0.4, -0.2) is 38.1 Å². The molecule has 29 heavy (non-hydrogen) atoms. The van der Waals surface area contributed by atoms with E-state index in [0.29, 0.717) is 29.3 Å². The van der Waals surface area contributed by atoms with Crippen molar-refractivity contribution in [2.75, 3.05) is 21.3 Å². The van der Waals surface area contributed by atoms with Gasteiger partial charge in [-0.3, -0.25) is 4.79 Å². The molecule has 1 aliphatic rings. The first-order chi connectivity index (χ1) is 14.0. The van der Waals surface area contributed by atoms with Gasteiger partial charge in [0.2, 0.25) is 0 Å². The molecule has 0 spiro atoms. The van der Waals surface area contributed by atoms with Crippen molar-refractivity contribution in [3.63, 3.8) is 0 Å². The van der Waals surface area contributed by atoms with E-state index < -0.39 is 5.97 Å². The Kier molecular flexibility index (Phi) is 6.02. The largest absolute Gasteiger partial charge is 0.493 e. The molecule has 2 aromatic rings. The van der Waals surface area contributed by atoms with Gasteiger partial charge in [0.15, 0.2) is 11.5 Å². The fraction of sp³-hybridized carbons (Fsp3) is 0.217. The zero-order valence-electron chi connectivity index (χ0n) is 16.9. The fourth-order valence-corrected chi connectivity index (χ4v) is 3.37. The Bertz CT molecular complexity index is 992. The van der Waals surface area contributed by atoms with Crippen LogP contribution >= 0.6 is 0 Å². The Hall–Kier alpha value is -3.54. The van der Waals surface area contributed by atoms with Gasteiger partial charge in [0, 0.05) is 11.3 Å². The average Bonchev–Trinajstić information content (AvgIpc) is 2.98. The van der Waals surface area contributed by atoms with Gasteiger partial charge < -0.3 is 19.1 Å². The topological polar surface area (TPSA) is 65.1 Å². The summed E-state index contributed by atoms with van der Waals surface area (Å²) in [5.41, 5.74) is 2.66. The number of allylic oxidation sites excluding steroid dienone is 1. The van der Waals surface area contributed by atoms with E-state index in [1.54, 1.807) is 43.2 Å². The molecular formula is C23H23NO5. The molecule has 0 aromatic heterocycles. The van der Waals surface area contributed by atoms with Crippen LogP contribution in [0.1, 0.15) is 18.1 Å². The van der Waals surface area contributed by atoms with Gasteiger partial charge >= 0.3 is 5.97 Å². The van der Waals surface area contributed by atoms with Crippen LogP contribution in [-0.2, 0) is 20.9 Å². The molecule has 6 heteroatoms. The molecule has 1 aliphatic heterocycles. The van der Waals surface area contributed by atoms with E-state index in [0.717, 1.165) is 5.56 Å². The lowest BCUT2D eigenvalue weighted by atomic mass is 10.0. The fourth-order valence-electron chi connectivity index (χ4n) is 3.37. The second-order valence-corrected chi connectivity index (χ2v) is 6.47. The second kappa shape index (κ2) is 8.65. The van der Waals surface area contributed by atoms with Gasteiger partial charge in [0.05, 0.1) is 39.0 Å². The van der Waals surface area contributed by atoms with Gasteiger partial charge in [-0.2, -0.15) is 0 Å². The standard InChI is InChI=1S/C23H23NO5/c1-15-20(23(26)29-4)18(13-17-11-8-12-19(27-2)21(17)28-3)22(25)24(15)14-16-9-6-5-7-10-16/h5-13H,14H2,1-4H3/b18-13-. The number of hydrogen-bond acceptors (Lipinski definition) is 5. The molecular weight excluding hydrogens is 370 g/mol. The van der Waals surface area contributed by atoms with E-state index in [2.05, 4.69) is 0 Å². The number of rotatable bonds is 6. The number of hydrogen-bond donors (Lipinski definition) is 0. The van der Waals surface area contributed by atoms with Crippen molar-refractivity contribution in [2.24, 2.45) is 0 Å². The Morgan fingerprint density at radius 3 is 2.34 bits per heavy atom. The number of carbonyl (C=O) groups excluding carboxylic acids is 2. The lowest BCUT2D eigenvalue weighted by molar-refractivity contribution is -0.136. The number of ether oxygens (including phenoxy) is 3. The molecule has 0 N–H and O–H groups in total. The molecule has 1 amide bonds. The van der Waals surface area contributed by atoms with Crippen LogP contribution in [0, 0.1) is 0 Å². The summed E-state index contributed by atoms with van der Waals surface area (Å²) in [5, 5.41) is 0. The molecule has 0 atom stereocenters. The normalized spacial score (nSPS) is 15.1. The summed E-state index contributed by atoms with van der Waals surface area (Å²) in [4.78, 5) is 27.3. The summed E-state index contributed by atoms with van der Waals surface area (Å²) in [6.45, 7) is 2.11. The molecule has 150 valence electrons. The van der Waals surface area contributed by atoms with Gasteiger partial charge in [-0.15, -0.1) is 0 Å². The van der Waals surface area contributed by atoms with Gasteiger partial charge in [-0.05, 0) is 24.6 Å². The highest BCUT2D eigenvalue weighted by molar-refractivity contribution is 6.16. The van der Waals surface area contributed by atoms with Crippen LogP contribution in [0.15, 0.2) is 65.4 Å². The Balaban J connectivity index is 2.09. The first-order valence-electron chi connectivity index (χ1n) is 9.09. The molecule has 3 rings (SSSR count). The number of carbonyl (C=O) groups is 2. The molecule has 1 heterocycles. The van der Waals surface area contributed by atoms with E-state index in [1.807, 2.05) is 30.3 Å². The highest BCUT2D eigenvalue weighted by atomic mass is 16.5. The summed E-state index contributed by atoms with van der Waals surface area (Å²) in [7, 11) is 4.37. The first kappa shape index (κ1) is 20.2. The third kappa shape index (κ3) is 3.87. The third-order valence-corrected chi connectivity index (χ3v) is 4.82. The monoisotopic (exact) mass is 393 g/mol. The predicted octanol–water partition coefficient (Wildman–Crippen LogP) is 3.58. The predicted molar refractivity (Wildman–Crippen MR) is 109 cm³/mol. The minimum absolute atomic E-state index is 0.248. The summed E-state index contributed by atoms with van der Waals surface area (Å²) in [6, 6.07) is 15.0. The maximum atomic E-state index is 13.2. The maximum absolute atomic E-state index is 13.2. The molecule has 6 nitrogen and oxygen atoms in total. The summed E-state index contributed by atoms with van der Waals surface area (Å²) >= 11 is 0. The minimum Gasteiger partial charge on any atom is -0.493 e. The van der Waals surface area contributed by atoms with E-state index in [4.69, 9.17) is 14.2 Å². The van der Waals surface area contributed by atoms with Crippen molar-refractivity contribution >= 4 is 18.0 Å². The summed E-state index contributed by atoms with van der Waals surface area (Å²) in [6.07, 6.45) is 1.64. The van der Waals surface area contributed by atoms with Gasteiger partial charge in [0.25, 0.3) is 5.91 Å². The number of para-hydroxylation sites is 1. The van der Waals surface area contributed by atoms with Crippen LogP contribution in [0.25, 0.3) is 6.08 Å². The molecule has 0 unspecified atom stereocenters. The van der Waals surface area contributed by atoms with Crippen molar-refractivity contribution in [2.45, 2.75) is 13.5 Å². The quantitative estimate of drug-likeness (QED) is 0.554. The lowest BCUT2D eigenvalue weighted by Gasteiger charge is -2.18. The molecule has 2 aromatic carbocycles. The van der Waals surface area contributed by atoms with Crippen molar-refractivity contribution < 1.29 is 23.8 Å². The van der Waals surface area contributed by atoms with Gasteiger partial charge in [-0.1, -0.05) is 42.5 Å². The van der Waals surface area contributed by atoms with Crippen LogP contribution in [0.3, 0.4) is 0 Å². The van der Waals surface area contributed by atoms with Crippen LogP contribution < -0.4 is 9.47 Å². The number of esters is 1. The molecule has 0 radical (unpaired) electrons. The van der Waals surface area contributed by atoms with E-state index in [1.165, 1.54) is 14.2 Å². The lowest BCUT2D eigenvalue weighted by Crippen LogP contribution is -2.24. The summed E-state index contributed by atoms with van der Waals surface area (Å²) in [5.74, 6) is 0.198. The van der Waals surface area contributed by atoms with Gasteiger partial charge in [-0.25, -0.2) is 4.79 Å².